The van der Waals surface area contributed by atoms with Crippen molar-refractivity contribution < 1.29 is 38.9 Å². The van der Waals surface area contributed by atoms with Gasteiger partial charge in [-0.2, -0.15) is 0 Å². The smallest absolute Gasteiger partial charge is 0.264 e. The molecule has 4 aliphatic rings. The minimum atomic E-state index is -3.08. The highest BCUT2D eigenvalue weighted by atomic mass is 28.4. The van der Waals surface area contributed by atoms with Crippen LogP contribution in [0.1, 0.15) is 62.6 Å². The monoisotopic (exact) mass is 784 g/mol. The lowest BCUT2D eigenvalue weighted by molar-refractivity contribution is -0.150. The lowest BCUT2D eigenvalue weighted by atomic mass is 9.82. The molecule has 3 aromatic rings. The Morgan fingerprint density at radius 1 is 1.04 bits per heavy atom. The van der Waals surface area contributed by atoms with Crippen LogP contribution in [0.15, 0.2) is 66.7 Å². The standard InChI is InChI=1S/C43H56N4O8Si/c1-5-54-33-16-18-36-30(22-33)23-35(44-19-9-10-21-48)41(51)47(36)31-15-17-37-34(24-31)43(42(52)46(37)26-29-12-7-6-8-13-29)28(2)40(56(3,4)53)38(55-43)25-39(50)45-20-11-14-32(45)27-49/h6-8,12-13,15-18,22,24,28,32,35,38,40,44,48-49,53H,5,9-11,14,19-21,23,25-27H2,1-4H3/t28-,32-,35?,38+,40-,43+/m0/s1. The Balaban J connectivity index is 1.33. The predicted octanol–water partition coefficient (Wildman–Crippen LogP) is 4.75. The van der Waals surface area contributed by atoms with Gasteiger partial charge in [-0.1, -0.05) is 37.3 Å². The molecule has 3 amide bonds. The van der Waals surface area contributed by atoms with Crippen molar-refractivity contribution in [2.45, 2.75) is 101 Å². The molecule has 4 aliphatic heterocycles. The molecule has 7 rings (SSSR count). The number of ether oxygens (including phenoxy) is 2. The molecule has 2 fully saturated rings. The number of hydrogen-bond acceptors (Lipinski definition) is 9. The first kappa shape index (κ1) is 40.1. The number of fused-ring (bicyclic) bond motifs is 3. The molecular formula is C43H56N4O8Si. The zero-order chi connectivity index (χ0) is 39.8. The first-order chi connectivity index (χ1) is 26.9. The van der Waals surface area contributed by atoms with Gasteiger partial charge in [-0.25, -0.2) is 0 Å². The number of benzene rings is 3. The molecule has 0 saturated carbocycles. The summed E-state index contributed by atoms with van der Waals surface area (Å²) in [6, 6.07) is 20.4. The van der Waals surface area contributed by atoms with Gasteiger partial charge < -0.3 is 39.6 Å². The van der Waals surface area contributed by atoms with Crippen LogP contribution >= 0.6 is 0 Å². The van der Waals surface area contributed by atoms with E-state index in [-0.39, 0.29) is 49.9 Å². The Morgan fingerprint density at radius 3 is 2.52 bits per heavy atom. The van der Waals surface area contributed by atoms with E-state index in [1.54, 1.807) is 14.7 Å². The Bertz CT molecular complexity index is 1920. The molecule has 3 aromatic carbocycles. The van der Waals surface area contributed by atoms with Crippen LogP contribution in [0.4, 0.5) is 17.1 Å². The van der Waals surface area contributed by atoms with E-state index in [0.717, 1.165) is 36.1 Å². The van der Waals surface area contributed by atoms with Crippen molar-refractivity contribution >= 4 is 43.1 Å². The summed E-state index contributed by atoms with van der Waals surface area (Å²) in [6.45, 7) is 9.43. The van der Waals surface area contributed by atoms with E-state index >= 15 is 4.79 Å². The van der Waals surface area contributed by atoms with Crippen molar-refractivity contribution in [3.63, 3.8) is 0 Å². The zero-order valence-electron chi connectivity index (χ0n) is 32.9. The summed E-state index contributed by atoms with van der Waals surface area (Å²) >= 11 is 0. The van der Waals surface area contributed by atoms with Gasteiger partial charge in [-0.05, 0) is 106 Å². The molecule has 300 valence electrons. The Hall–Kier alpha value is -4.11. The van der Waals surface area contributed by atoms with Gasteiger partial charge in [0.1, 0.15) is 5.75 Å². The molecular weight excluding hydrogens is 729 g/mol. The van der Waals surface area contributed by atoms with Crippen molar-refractivity contribution in [3.05, 3.63) is 83.4 Å². The zero-order valence-corrected chi connectivity index (χ0v) is 33.9. The van der Waals surface area contributed by atoms with Crippen molar-refractivity contribution in [1.82, 2.24) is 10.2 Å². The number of anilines is 3. The molecule has 6 atom stereocenters. The van der Waals surface area contributed by atoms with E-state index in [0.29, 0.717) is 55.2 Å². The lowest BCUT2D eigenvalue weighted by Gasteiger charge is -2.36. The van der Waals surface area contributed by atoms with E-state index in [4.69, 9.17) is 9.47 Å². The number of nitrogens with zero attached hydrogens (tertiary/aromatic N) is 3. The minimum Gasteiger partial charge on any atom is -0.494 e. The fourth-order valence-corrected chi connectivity index (χ4v) is 12.2. The van der Waals surface area contributed by atoms with Gasteiger partial charge in [0, 0.05) is 35.9 Å². The largest absolute Gasteiger partial charge is 0.494 e. The Kier molecular flexibility index (Phi) is 11.7. The Morgan fingerprint density at radius 2 is 1.80 bits per heavy atom. The van der Waals surface area contributed by atoms with Gasteiger partial charge in [-0.3, -0.25) is 19.3 Å². The molecule has 0 aromatic heterocycles. The summed E-state index contributed by atoms with van der Waals surface area (Å²) in [5.74, 6) is -0.354. The Labute approximate surface area is 330 Å². The normalized spacial score (nSPS) is 26.0. The van der Waals surface area contributed by atoms with Crippen molar-refractivity contribution in [3.8, 4) is 5.75 Å². The van der Waals surface area contributed by atoms with Gasteiger partial charge in [0.15, 0.2) is 13.9 Å². The highest BCUT2D eigenvalue weighted by molar-refractivity contribution is 6.71. The van der Waals surface area contributed by atoms with Crippen molar-refractivity contribution in [2.75, 3.05) is 42.7 Å². The maximum Gasteiger partial charge on any atom is 0.264 e. The molecule has 0 radical (unpaired) electrons. The number of aliphatic hydroxyl groups excluding tert-OH is 2. The number of nitrogens with one attached hydrogen (secondary N) is 1. The predicted molar refractivity (Wildman–Crippen MR) is 216 cm³/mol. The van der Waals surface area contributed by atoms with Crippen LogP contribution in [0.2, 0.25) is 18.6 Å². The number of carbonyl (C=O) groups excluding carboxylic acids is 3. The van der Waals surface area contributed by atoms with Crippen LogP contribution in [0.5, 0.6) is 5.75 Å². The maximum atomic E-state index is 15.2. The molecule has 4 heterocycles. The van der Waals surface area contributed by atoms with Crippen LogP contribution in [0.25, 0.3) is 0 Å². The number of aliphatic hydroxyl groups is 2. The average molecular weight is 785 g/mol. The van der Waals surface area contributed by atoms with E-state index < -0.39 is 37.5 Å². The van der Waals surface area contributed by atoms with E-state index in [9.17, 15) is 24.6 Å². The van der Waals surface area contributed by atoms with Crippen LogP contribution in [-0.4, -0.2) is 97.0 Å². The quantitative estimate of drug-likeness (QED) is 0.134. The molecule has 0 aliphatic carbocycles. The molecule has 56 heavy (non-hydrogen) atoms. The van der Waals surface area contributed by atoms with Crippen molar-refractivity contribution in [1.29, 1.82) is 0 Å². The van der Waals surface area contributed by atoms with Crippen LogP contribution < -0.4 is 19.9 Å². The number of hydrogen-bond donors (Lipinski definition) is 4. The van der Waals surface area contributed by atoms with Crippen molar-refractivity contribution in [2.24, 2.45) is 5.92 Å². The molecule has 1 unspecified atom stereocenters. The highest BCUT2D eigenvalue weighted by Crippen LogP contribution is 2.60. The summed E-state index contributed by atoms with van der Waals surface area (Å²) in [6.07, 6.45) is 2.58. The first-order valence-electron chi connectivity index (χ1n) is 20.2. The molecule has 13 heteroatoms. The maximum absolute atomic E-state index is 15.2. The number of likely N-dealkylation sites (tertiary alicyclic amines) is 1. The molecule has 1 spiro atoms. The second-order valence-corrected chi connectivity index (χ2v) is 20.2. The summed E-state index contributed by atoms with van der Waals surface area (Å²) in [4.78, 5) is 60.7. The van der Waals surface area contributed by atoms with Crippen LogP contribution in [0, 0.1) is 5.92 Å². The van der Waals surface area contributed by atoms with Gasteiger partial charge in [0.2, 0.25) is 11.8 Å². The molecule has 4 N–H and O–H groups in total. The minimum absolute atomic E-state index is 0.0188. The number of unbranched alkanes of at least 4 members (excludes halogenated alkanes) is 1. The summed E-state index contributed by atoms with van der Waals surface area (Å²) in [7, 11) is -3.08. The molecule has 2 saturated heterocycles. The van der Waals surface area contributed by atoms with Gasteiger partial charge in [0.05, 0.1) is 55.7 Å². The third-order valence-corrected chi connectivity index (χ3v) is 14.7. The van der Waals surface area contributed by atoms with E-state index in [1.807, 2.05) is 93.7 Å². The first-order valence-corrected chi connectivity index (χ1v) is 23.2. The fraction of sp³-hybridized carbons (Fsp3) is 0.512. The highest BCUT2D eigenvalue weighted by Gasteiger charge is 2.66. The SMILES string of the molecule is CCOc1ccc2c(c1)CC(NCCCCO)C(=O)N2c1ccc2c(c1)[C@@]1(O[C@H](CC(=O)N3CCC[C@H]3CO)[C@@H]([Si](C)(C)O)[C@@H]1C)C(=O)N2Cc1ccccc1. The van der Waals surface area contributed by atoms with E-state index in [1.165, 1.54) is 0 Å². The second-order valence-electron chi connectivity index (χ2n) is 16.2. The number of carbonyl (C=O) groups is 3. The van der Waals surface area contributed by atoms with Gasteiger partial charge in [0.25, 0.3) is 5.91 Å². The lowest BCUT2D eigenvalue weighted by Crippen LogP contribution is -2.49. The summed E-state index contributed by atoms with van der Waals surface area (Å²) in [5, 5.41) is 22.8. The third kappa shape index (κ3) is 7.29. The van der Waals surface area contributed by atoms with Crippen LogP contribution in [-0.2, 0) is 37.7 Å². The van der Waals surface area contributed by atoms with E-state index in [2.05, 4.69) is 5.32 Å². The average Bonchev–Trinajstić information content (AvgIpc) is 3.84. The van der Waals surface area contributed by atoms with Gasteiger partial charge >= 0.3 is 0 Å². The number of amides is 3. The van der Waals surface area contributed by atoms with Crippen LogP contribution in [0.3, 0.4) is 0 Å². The molecule has 0 bridgehead atoms. The number of rotatable bonds is 14. The van der Waals surface area contributed by atoms with Gasteiger partial charge in [-0.15, -0.1) is 0 Å². The third-order valence-electron chi connectivity index (χ3n) is 12.2. The molecule has 12 nitrogen and oxygen atoms in total. The topological polar surface area (TPSA) is 152 Å². The fourth-order valence-electron chi connectivity index (χ4n) is 9.69. The summed E-state index contributed by atoms with van der Waals surface area (Å²) < 4.78 is 12.9. The summed E-state index contributed by atoms with van der Waals surface area (Å²) in [5.41, 5.74) is 2.43. The second kappa shape index (κ2) is 16.4.